The predicted octanol–water partition coefficient (Wildman–Crippen LogP) is 1.32. The van der Waals surface area contributed by atoms with Crippen molar-refractivity contribution in [2.24, 2.45) is 5.92 Å². The molecule has 3 rings (SSSR count). The third-order valence-electron chi connectivity index (χ3n) is 4.55. The number of nitrogens with zero attached hydrogens (tertiary/aromatic N) is 2. The molecule has 3 heterocycles. The van der Waals surface area contributed by atoms with Gasteiger partial charge >= 0.3 is 0 Å². The van der Waals surface area contributed by atoms with E-state index in [1.165, 1.54) is 0 Å². The molecule has 2 aliphatic heterocycles. The Bertz CT molecular complexity index is 516. The lowest BCUT2D eigenvalue weighted by Gasteiger charge is -2.28. The van der Waals surface area contributed by atoms with E-state index in [4.69, 9.17) is 20.8 Å². The molecule has 6 nitrogen and oxygen atoms in total. The first-order valence-corrected chi connectivity index (χ1v) is 8.64. The SMILES string of the molecule is O=C(NC[C@H]1CCN(CCN2CCOCC2)C1)c1ccc(Cl)o1. The Morgan fingerprint density at radius 1 is 1.22 bits per heavy atom. The molecule has 1 aromatic rings. The van der Waals surface area contributed by atoms with Crippen LogP contribution in [-0.2, 0) is 4.74 Å². The zero-order valence-electron chi connectivity index (χ0n) is 13.3. The summed E-state index contributed by atoms with van der Waals surface area (Å²) in [7, 11) is 0. The van der Waals surface area contributed by atoms with Gasteiger partial charge in [-0.2, -0.15) is 0 Å². The van der Waals surface area contributed by atoms with E-state index in [1.807, 2.05) is 0 Å². The molecule has 0 aliphatic carbocycles. The average molecular weight is 342 g/mol. The van der Waals surface area contributed by atoms with Gasteiger partial charge in [-0.05, 0) is 42.6 Å². The number of carbonyl (C=O) groups is 1. The van der Waals surface area contributed by atoms with Crippen LogP contribution in [0.1, 0.15) is 17.0 Å². The van der Waals surface area contributed by atoms with Gasteiger partial charge in [0.25, 0.3) is 5.91 Å². The summed E-state index contributed by atoms with van der Waals surface area (Å²) in [6.45, 7) is 8.83. The highest BCUT2D eigenvalue weighted by molar-refractivity contribution is 6.29. The lowest BCUT2D eigenvalue weighted by molar-refractivity contribution is 0.0342. The minimum Gasteiger partial charge on any atom is -0.440 e. The molecule has 128 valence electrons. The van der Waals surface area contributed by atoms with Crippen molar-refractivity contribution in [3.05, 3.63) is 23.1 Å². The fraction of sp³-hybridized carbons (Fsp3) is 0.688. The summed E-state index contributed by atoms with van der Waals surface area (Å²) in [5.74, 6) is 0.593. The molecule has 0 saturated carbocycles. The maximum Gasteiger partial charge on any atom is 0.287 e. The first-order valence-electron chi connectivity index (χ1n) is 8.27. The number of ether oxygens (including phenoxy) is 1. The highest BCUT2D eigenvalue weighted by Crippen LogP contribution is 2.16. The molecule has 1 N–H and O–H groups in total. The number of amides is 1. The smallest absolute Gasteiger partial charge is 0.287 e. The van der Waals surface area contributed by atoms with Crippen LogP contribution in [0.2, 0.25) is 5.22 Å². The Hall–Kier alpha value is -1.08. The Morgan fingerprint density at radius 2 is 2.00 bits per heavy atom. The maximum absolute atomic E-state index is 11.9. The zero-order valence-corrected chi connectivity index (χ0v) is 14.1. The molecule has 23 heavy (non-hydrogen) atoms. The van der Waals surface area contributed by atoms with Crippen LogP contribution < -0.4 is 5.32 Å². The lowest BCUT2D eigenvalue weighted by atomic mass is 10.1. The molecule has 0 spiro atoms. The second-order valence-corrected chi connectivity index (χ2v) is 6.60. The van der Waals surface area contributed by atoms with E-state index in [0.717, 1.165) is 58.9 Å². The fourth-order valence-corrected chi connectivity index (χ4v) is 3.30. The number of morpholine rings is 1. The van der Waals surface area contributed by atoms with Gasteiger partial charge in [-0.25, -0.2) is 0 Å². The standard InChI is InChI=1S/C16H24ClN3O3/c17-15-2-1-14(23-15)16(21)18-11-13-3-4-20(12-13)6-5-19-7-9-22-10-8-19/h1-2,13H,3-12H2,(H,18,21)/t13-/m1/s1. The molecule has 2 fully saturated rings. The topological polar surface area (TPSA) is 58.0 Å². The Kier molecular flexibility index (Phi) is 5.94. The van der Waals surface area contributed by atoms with Gasteiger partial charge in [0, 0.05) is 39.3 Å². The van der Waals surface area contributed by atoms with Crippen LogP contribution in [0.15, 0.2) is 16.5 Å². The number of furan rings is 1. The third kappa shape index (κ3) is 4.94. The molecular formula is C16H24ClN3O3. The minimum absolute atomic E-state index is 0.191. The Labute approximate surface area is 141 Å². The molecule has 0 aromatic carbocycles. The molecule has 2 saturated heterocycles. The normalized spacial score (nSPS) is 23.3. The highest BCUT2D eigenvalue weighted by Gasteiger charge is 2.24. The van der Waals surface area contributed by atoms with Gasteiger partial charge in [0.15, 0.2) is 11.0 Å². The van der Waals surface area contributed by atoms with Crippen molar-refractivity contribution in [2.45, 2.75) is 6.42 Å². The summed E-state index contributed by atoms with van der Waals surface area (Å²) in [5, 5.41) is 3.18. The van der Waals surface area contributed by atoms with Crippen LogP contribution in [0.3, 0.4) is 0 Å². The number of hydrogen-bond acceptors (Lipinski definition) is 5. The molecule has 1 atom stereocenters. The van der Waals surface area contributed by atoms with Crippen molar-refractivity contribution in [1.82, 2.24) is 15.1 Å². The Morgan fingerprint density at radius 3 is 2.74 bits per heavy atom. The number of halogens is 1. The van der Waals surface area contributed by atoms with Gasteiger partial charge in [-0.3, -0.25) is 9.69 Å². The predicted molar refractivity (Wildman–Crippen MR) is 87.9 cm³/mol. The van der Waals surface area contributed by atoms with Crippen molar-refractivity contribution in [2.75, 3.05) is 59.0 Å². The van der Waals surface area contributed by atoms with Crippen molar-refractivity contribution >= 4 is 17.5 Å². The molecule has 7 heteroatoms. The number of nitrogens with one attached hydrogen (secondary N) is 1. The Balaban J connectivity index is 1.34. The van der Waals surface area contributed by atoms with E-state index in [2.05, 4.69) is 15.1 Å². The molecule has 0 unspecified atom stereocenters. The molecule has 1 aromatic heterocycles. The summed E-state index contributed by atoms with van der Waals surface area (Å²) < 4.78 is 10.5. The average Bonchev–Trinajstić information content (AvgIpc) is 3.21. The molecule has 0 bridgehead atoms. The number of carbonyl (C=O) groups excluding carboxylic acids is 1. The van der Waals surface area contributed by atoms with Crippen LogP contribution in [0.25, 0.3) is 0 Å². The van der Waals surface area contributed by atoms with Gasteiger partial charge < -0.3 is 19.4 Å². The van der Waals surface area contributed by atoms with Crippen LogP contribution in [-0.4, -0.2) is 74.7 Å². The summed E-state index contributed by atoms with van der Waals surface area (Å²) in [4.78, 5) is 16.9. The number of likely N-dealkylation sites (tertiary alicyclic amines) is 1. The molecule has 2 aliphatic rings. The number of hydrogen-bond donors (Lipinski definition) is 1. The van der Waals surface area contributed by atoms with Crippen molar-refractivity contribution in [3.8, 4) is 0 Å². The molecule has 0 radical (unpaired) electrons. The minimum atomic E-state index is -0.191. The largest absolute Gasteiger partial charge is 0.440 e. The maximum atomic E-state index is 11.9. The fourth-order valence-electron chi connectivity index (χ4n) is 3.15. The quantitative estimate of drug-likeness (QED) is 0.845. The third-order valence-corrected chi connectivity index (χ3v) is 4.76. The first kappa shape index (κ1) is 16.8. The van der Waals surface area contributed by atoms with Gasteiger partial charge in [-0.1, -0.05) is 0 Å². The lowest BCUT2D eigenvalue weighted by Crippen LogP contribution is -2.41. The van der Waals surface area contributed by atoms with Crippen LogP contribution in [0.5, 0.6) is 0 Å². The van der Waals surface area contributed by atoms with Crippen molar-refractivity contribution < 1.29 is 13.9 Å². The zero-order chi connectivity index (χ0) is 16.1. The molecular weight excluding hydrogens is 318 g/mol. The van der Waals surface area contributed by atoms with Gasteiger partial charge in [0.2, 0.25) is 0 Å². The van der Waals surface area contributed by atoms with Crippen LogP contribution >= 0.6 is 11.6 Å². The highest BCUT2D eigenvalue weighted by atomic mass is 35.5. The second kappa shape index (κ2) is 8.15. The van der Waals surface area contributed by atoms with Crippen LogP contribution in [0.4, 0.5) is 0 Å². The summed E-state index contributed by atoms with van der Waals surface area (Å²) >= 11 is 5.68. The van der Waals surface area contributed by atoms with Crippen LogP contribution in [0, 0.1) is 5.92 Å². The van der Waals surface area contributed by atoms with E-state index in [-0.39, 0.29) is 16.9 Å². The summed E-state index contributed by atoms with van der Waals surface area (Å²) in [5.41, 5.74) is 0. The monoisotopic (exact) mass is 341 g/mol. The van der Waals surface area contributed by atoms with Gasteiger partial charge in [0.1, 0.15) is 0 Å². The number of rotatable bonds is 6. The van der Waals surface area contributed by atoms with E-state index in [9.17, 15) is 4.79 Å². The van der Waals surface area contributed by atoms with Gasteiger partial charge in [-0.15, -0.1) is 0 Å². The second-order valence-electron chi connectivity index (χ2n) is 6.22. The van der Waals surface area contributed by atoms with E-state index in [1.54, 1.807) is 12.1 Å². The van der Waals surface area contributed by atoms with Gasteiger partial charge in [0.05, 0.1) is 13.2 Å². The van der Waals surface area contributed by atoms with E-state index >= 15 is 0 Å². The van der Waals surface area contributed by atoms with E-state index in [0.29, 0.717) is 12.5 Å². The van der Waals surface area contributed by atoms with Crippen molar-refractivity contribution in [1.29, 1.82) is 0 Å². The summed E-state index contributed by atoms with van der Waals surface area (Å²) in [6.07, 6.45) is 1.13. The molecule has 1 amide bonds. The first-order chi connectivity index (χ1) is 11.2. The van der Waals surface area contributed by atoms with Crippen molar-refractivity contribution in [3.63, 3.8) is 0 Å². The van der Waals surface area contributed by atoms with E-state index < -0.39 is 0 Å². The summed E-state index contributed by atoms with van der Waals surface area (Å²) in [6, 6.07) is 3.18.